The number of hydrogen-bond acceptors (Lipinski definition) is 10. The SMILES string of the molecule is CC(=O)N[C@@H](Cc1ccc(OP(=O)(O)O)cc1)C(=O)N[C@@H](CC(C)C)C(=O)N1CCC(C(=O)N[C@@H](CCC(N)=O)C(=O)N[C@H](C(N)=O)[C@@H](C)O)CC1. The quantitative estimate of drug-likeness (QED) is 0.0698. The van der Waals surface area contributed by atoms with Crippen LogP contribution in [0.2, 0.25) is 0 Å². The van der Waals surface area contributed by atoms with Crippen LogP contribution in [0.3, 0.4) is 0 Å². The van der Waals surface area contributed by atoms with Crippen LogP contribution in [-0.2, 0) is 44.5 Å². The minimum atomic E-state index is -4.77. The van der Waals surface area contributed by atoms with Crippen LogP contribution in [0.15, 0.2) is 24.3 Å². The van der Waals surface area contributed by atoms with Crippen molar-refractivity contribution in [1.29, 1.82) is 0 Å². The van der Waals surface area contributed by atoms with Gasteiger partial charge in [0.25, 0.3) is 0 Å². The molecule has 2 rings (SSSR count). The highest BCUT2D eigenvalue weighted by Gasteiger charge is 2.35. The zero-order chi connectivity index (χ0) is 39.3. The Hall–Kier alpha value is -4.58. The standard InChI is InChI=1S/C32H50N7O12P/c1-17(2)15-25(37-31(46)24(35-19(4)41)16-20-5-7-22(8-6-20)51-52(48,49)50)32(47)39-13-11-21(12-14-39)29(44)36-23(9-10-26(33)42)30(45)38-27(18(3)40)28(34)43/h5-8,17-18,21,23-25,27,40H,9-16H2,1-4H3,(H2,33,42)(H2,34,43)(H,35,41)(H,36,44)(H,37,46)(H,38,45)(H2,48,49,50)/t18-,23+,24+,25+,27+/m1/s1. The molecule has 0 radical (unpaired) electrons. The highest BCUT2D eigenvalue weighted by molar-refractivity contribution is 7.46. The van der Waals surface area contributed by atoms with Gasteiger partial charge in [-0.05, 0) is 56.2 Å². The number of aliphatic hydroxyl groups excluding tert-OH is 1. The predicted molar refractivity (Wildman–Crippen MR) is 184 cm³/mol. The molecule has 1 aromatic carbocycles. The van der Waals surface area contributed by atoms with Gasteiger partial charge in [-0.3, -0.25) is 43.3 Å². The number of hydrogen-bond donors (Lipinski definition) is 9. The second-order valence-corrected chi connectivity index (χ2v) is 14.3. The van der Waals surface area contributed by atoms with Crippen LogP contribution in [0, 0.1) is 11.8 Å². The van der Waals surface area contributed by atoms with Crippen molar-refractivity contribution < 1.29 is 57.5 Å². The summed E-state index contributed by atoms with van der Waals surface area (Å²) in [4.78, 5) is 108. The van der Waals surface area contributed by atoms with Crippen LogP contribution in [0.5, 0.6) is 5.75 Å². The third kappa shape index (κ3) is 15.0. The van der Waals surface area contributed by atoms with E-state index in [1.54, 1.807) is 0 Å². The van der Waals surface area contributed by atoms with E-state index < -0.39 is 85.4 Å². The van der Waals surface area contributed by atoms with E-state index in [4.69, 9.17) is 21.3 Å². The van der Waals surface area contributed by atoms with E-state index in [-0.39, 0.29) is 63.3 Å². The van der Waals surface area contributed by atoms with Crippen LogP contribution in [0.1, 0.15) is 65.4 Å². The fourth-order valence-electron chi connectivity index (χ4n) is 5.59. The number of nitrogens with one attached hydrogen (secondary N) is 4. The van der Waals surface area contributed by atoms with Crippen molar-refractivity contribution in [2.45, 2.75) is 96.5 Å². The number of rotatable bonds is 19. The number of carbonyl (C=O) groups is 7. The minimum Gasteiger partial charge on any atom is -0.404 e. The van der Waals surface area contributed by atoms with Crippen molar-refractivity contribution >= 4 is 49.2 Å². The first-order chi connectivity index (χ1) is 24.2. The summed E-state index contributed by atoms with van der Waals surface area (Å²) < 4.78 is 15.6. The van der Waals surface area contributed by atoms with Gasteiger partial charge in [0.1, 0.15) is 29.9 Å². The Bertz CT molecular complexity index is 1490. The monoisotopic (exact) mass is 755 g/mol. The van der Waals surface area contributed by atoms with Crippen LogP contribution in [0.25, 0.3) is 0 Å². The number of likely N-dealkylation sites (tertiary alicyclic amines) is 1. The number of piperidine rings is 1. The number of benzene rings is 1. The van der Waals surface area contributed by atoms with E-state index in [0.717, 1.165) is 0 Å². The Labute approximate surface area is 301 Å². The zero-order valence-electron chi connectivity index (χ0n) is 29.6. The molecule has 1 saturated heterocycles. The number of phosphoric acid groups is 1. The van der Waals surface area contributed by atoms with Gasteiger partial charge in [0.15, 0.2) is 0 Å². The number of carbonyl (C=O) groups excluding carboxylic acids is 7. The molecule has 52 heavy (non-hydrogen) atoms. The Morgan fingerprint density at radius 1 is 0.885 bits per heavy atom. The van der Waals surface area contributed by atoms with E-state index in [1.165, 1.54) is 43.0 Å². The molecule has 19 nitrogen and oxygen atoms in total. The molecule has 1 aromatic rings. The third-order valence-corrected chi connectivity index (χ3v) is 8.63. The first-order valence-electron chi connectivity index (χ1n) is 16.7. The van der Waals surface area contributed by atoms with Gasteiger partial charge in [0.2, 0.25) is 41.4 Å². The molecule has 1 fully saturated rings. The lowest BCUT2D eigenvalue weighted by Crippen LogP contribution is -2.58. The number of aliphatic hydroxyl groups is 1. The van der Waals surface area contributed by atoms with Gasteiger partial charge < -0.3 is 47.3 Å². The molecule has 20 heteroatoms. The van der Waals surface area contributed by atoms with Crippen LogP contribution < -0.4 is 37.3 Å². The minimum absolute atomic E-state index is 0.00856. The molecule has 0 saturated carbocycles. The first kappa shape index (κ1) is 43.6. The lowest BCUT2D eigenvalue weighted by atomic mass is 9.93. The summed E-state index contributed by atoms with van der Waals surface area (Å²) in [5.41, 5.74) is 11.0. The van der Waals surface area contributed by atoms with Crippen molar-refractivity contribution in [3.63, 3.8) is 0 Å². The summed E-state index contributed by atoms with van der Waals surface area (Å²) in [6, 6.07) is 0.788. The summed E-state index contributed by atoms with van der Waals surface area (Å²) in [5, 5.41) is 20.0. The topological polar surface area (TPSA) is 310 Å². The Balaban J connectivity index is 2.10. The fraction of sp³-hybridized carbons (Fsp3) is 0.594. The zero-order valence-corrected chi connectivity index (χ0v) is 30.5. The van der Waals surface area contributed by atoms with Gasteiger partial charge in [-0.25, -0.2) is 4.57 Å². The molecule has 7 amide bonds. The molecule has 1 aliphatic heterocycles. The number of phosphoric ester groups is 1. The van der Waals surface area contributed by atoms with E-state index in [9.17, 15) is 43.2 Å². The summed E-state index contributed by atoms with van der Waals surface area (Å²) >= 11 is 0. The average Bonchev–Trinajstić information content (AvgIpc) is 3.03. The summed E-state index contributed by atoms with van der Waals surface area (Å²) in [6.45, 7) is 6.50. The molecule has 0 unspecified atom stereocenters. The second kappa shape index (κ2) is 19.9. The molecular formula is C32H50N7O12P. The van der Waals surface area contributed by atoms with Gasteiger partial charge in [-0.2, -0.15) is 0 Å². The average molecular weight is 756 g/mol. The van der Waals surface area contributed by atoms with Gasteiger partial charge in [0.05, 0.1) is 6.10 Å². The molecule has 1 aliphatic rings. The van der Waals surface area contributed by atoms with E-state index in [2.05, 4.69) is 25.8 Å². The maximum absolute atomic E-state index is 13.7. The molecule has 11 N–H and O–H groups in total. The number of amides is 7. The van der Waals surface area contributed by atoms with Crippen molar-refractivity contribution in [3.8, 4) is 5.75 Å². The van der Waals surface area contributed by atoms with Crippen molar-refractivity contribution in [2.75, 3.05) is 13.1 Å². The van der Waals surface area contributed by atoms with Crippen LogP contribution in [0.4, 0.5) is 0 Å². The summed E-state index contributed by atoms with van der Waals surface area (Å²) in [6.07, 6.45) is -1.09. The van der Waals surface area contributed by atoms with Gasteiger partial charge in [-0.15, -0.1) is 0 Å². The molecule has 290 valence electrons. The van der Waals surface area contributed by atoms with E-state index >= 15 is 0 Å². The molecule has 5 atom stereocenters. The van der Waals surface area contributed by atoms with Gasteiger partial charge >= 0.3 is 7.82 Å². The normalized spacial score (nSPS) is 16.4. The third-order valence-electron chi connectivity index (χ3n) is 8.18. The molecule has 0 bridgehead atoms. The molecule has 0 spiro atoms. The summed E-state index contributed by atoms with van der Waals surface area (Å²) in [5.74, 6) is -5.37. The van der Waals surface area contributed by atoms with Crippen molar-refractivity contribution in [2.24, 2.45) is 23.3 Å². The molecule has 1 heterocycles. The predicted octanol–water partition coefficient (Wildman–Crippen LogP) is -1.92. The Morgan fingerprint density at radius 2 is 1.46 bits per heavy atom. The largest absolute Gasteiger partial charge is 0.524 e. The van der Waals surface area contributed by atoms with Crippen molar-refractivity contribution in [1.82, 2.24) is 26.2 Å². The Morgan fingerprint density at radius 3 is 1.94 bits per heavy atom. The Kier molecular flexibility index (Phi) is 16.7. The lowest BCUT2D eigenvalue weighted by molar-refractivity contribution is -0.140. The van der Waals surface area contributed by atoms with Crippen molar-refractivity contribution in [3.05, 3.63) is 29.8 Å². The van der Waals surface area contributed by atoms with Gasteiger partial charge in [-0.1, -0.05) is 26.0 Å². The van der Waals surface area contributed by atoms with E-state index in [0.29, 0.717) is 5.56 Å². The second-order valence-electron chi connectivity index (χ2n) is 13.2. The summed E-state index contributed by atoms with van der Waals surface area (Å²) in [7, 11) is -4.77. The number of primary amides is 2. The number of nitrogens with two attached hydrogens (primary N) is 2. The molecule has 0 aromatic heterocycles. The van der Waals surface area contributed by atoms with Crippen LogP contribution >= 0.6 is 7.82 Å². The molecular weight excluding hydrogens is 705 g/mol. The molecule has 0 aliphatic carbocycles. The lowest BCUT2D eigenvalue weighted by Gasteiger charge is -2.35. The maximum atomic E-state index is 13.7. The highest BCUT2D eigenvalue weighted by atomic mass is 31.2. The smallest absolute Gasteiger partial charge is 0.404 e. The highest BCUT2D eigenvalue weighted by Crippen LogP contribution is 2.37. The fourth-order valence-corrected chi connectivity index (χ4v) is 5.99. The van der Waals surface area contributed by atoms with Gasteiger partial charge in [0, 0.05) is 38.8 Å². The van der Waals surface area contributed by atoms with Crippen LogP contribution in [-0.4, -0.2) is 105 Å². The first-order valence-corrected chi connectivity index (χ1v) is 18.3. The maximum Gasteiger partial charge on any atom is 0.524 e. The van der Waals surface area contributed by atoms with E-state index in [1.807, 2.05) is 13.8 Å². The number of nitrogens with zero attached hydrogens (tertiary/aromatic N) is 1.